The number of benzene rings is 1. The Morgan fingerprint density at radius 2 is 1.59 bits per heavy atom. The van der Waals surface area contributed by atoms with Crippen LogP contribution >= 0.6 is 0 Å². The van der Waals surface area contributed by atoms with Crippen LogP contribution in [0.15, 0.2) is 24.3 Å². The van der Waals surface area contributed by atoms with Gasteiger partial charge in [0.05, 0.1) is 5.75 Å². The molecule has 4 fully saturated rings. The van der Waals surface area contributed by atoms with Gasteiger partial charge in [-0.05, 0) is 80.8 Å². The molecule has 1 aromatic rings. The molecule has 0 heterocycles. The summed E-state index contributed by atoms with van der Waals surface area (Å²) in [6, 6.07) is 7.42. The first-order valence-corrected chi connectivity index (χ1v) is 12.6. The second-order valence-corrected chi connectivity index (χ2v) is 11.3. The first kappa shape index (κ1) is 20.7. The molecule has 0 aromatic heterocycles. The summed E-state index contributed by atoms with van der Waals surface area (Å²) < 4.78 is 27.2. The zero-order valence-corrected chi connectivity index (χ0v) is 18.2. The Morgan fingerprint density at radius 3 is 2.17 bits per heavy atom. The average Bonchev–Trinajstić information content (AvgIpc) is 2.62. The minimum absolute atomic E-state index is 0.0831. The molecule has 6 nitrogen and oxygen atoms in total. The van der Waals surface area contributed by atoms with E-state index in [4.69, 9.17) is 0 Å². The van der Waals surface area contributed by atoms with Gasteiger partial charge in [-0.3, -0.25) is 0 Å². The van der Waals surface area contributed by atoms with Crippen LogP contribution in [0.2, 0.25) is 0 Å². The fraction of sp³-hybridized carbons (Fsp3) is 0.682. The van der Waals surface area contributed by atoms with Gasteiger partial charge in [0.25, 0.3) is 0 Å². The maximum absolute atomic E-state index is 12.6. The molecule has 0 saturated heterocycles. The standard InChI is InChI=1S/C22H33N3O3S/c1-14(2)25-29(27,28)13-18-6-4-3-5-17(18)12-23-22(26)24-21-19-8-15-7-16(10-19)11-20(21)9-15/h3-6,14-16,19-21,25H,7-13H2,1-2H3,(H2,23,24,26). The van der Waals surface area contributed by atoms with E-state index in [1.807, 2.05) is 24.3 Å². The lowest BCUT2D eigenvalue weighted by Gasteiger charge is -2.54. The van der Waals surface area contributed by atoms with Gasteiger partial charge in [0, 0.05) is 18.6 Å². The molecule has 2 amide bonds. The molecule has 0 aliphatic heterocycles. The summed E-state index contributed by atoms with van der Waals surface area (Å²) >= 11 is 0. The zero-order valence-electron chi connectivity index (χ0n) is 17.4. The van der Waals surface area contributed by atoms with Gasteiger partial charge in [0.1, 0.15) is 0 Å². The van der Waals surface area contributed by atoms with Gasteiger partial charge in [-0.15, -0.1) is 0 Å². The van der Waals surface area contributed by atoms with Gasteiger partial charge in [-0.1, -0.05) is 24.3 Å². The number of rotatable bonds is 7. The summed E-state index contributed by atoms with van der Waals surface area (Å²) in [6.07, 6.45) is 6.46. The van der Waals surface area contributed by atoms with Crippen molar-refractivity contribution >= 4 is 16.1 Å². The number of hydrogen-bond acceptors (Lipinski definition) is 3. The minimum atomic E-state index is -3.41. The predicted molar refractivity (Wildman–Crippen MR) is 114 cm³/mol. The van der Waals surface area contributed by atoms with E-state index in [9.17, 15) is 13.2 Å². The lowest BCUT2D eigenvalue weighted by atomic mass is 9.54. The molecule has 4 saturated carbocycles. The van der Waals surface area contributed by atoms with Crippen LogP contribution in [0, 0.1) is 23.7 Å². The van der Waals surface area contributed by atoms with Crippen molar-refractivity contribution in [2.75, 3.05) is 0 Å². The molecule has 160 valence electrons. The quantitative estimate of drug-likeness (QED) is 0.634. The summed E-state index contributed by atoms with van der Waals surface area (Å²) in [5, 5.41) is 6.21. The van der Waals surface area contributed by atoms with Crippen LogP contribution in [0.5, 0.6) is 0 Å². The molecule has 1 aromatic carbocycles. The van der Waals surface area contributed by atoms with E-state index >= 15 is 0 Å². The highest BCUT2D eigenvalue weighted by Crippen LogP contribution is 2.53. The van der Waals surface area contributed by atoms with E-state index in [0.717, 1.165) is 23.0 Å². The Kier molecular flexibility index (Phi) is 5.89. The lowest BCUT2D eigenvalue weighted by Crippen LogP contribution is -2.57. The number of urea groups is 1. The van der Waals surface area contributed by atoms with Gasteiger partial charge in [-0.25, -0.2) is 17.9 Å². The minimum Gasteiger partial charge on any atom is -0.335 e. The average molecular weight is 420 g/mol. The van der Waals surface area contributed by atoms with Crippen molar-refractivity contribution in [1.29, 1.82) is 0 Å². The molecule has 7 heteroatoms. The second-order valence-electron chi connectivity index (χ2n) is 9.58. The Labute approximate surface area is 174 Å². The topological polar surface area (TPSA) is 87.3 Å². The third kappa shape index (κ3) is 4.94. The Balaban J connectivity index is 1.34. The van der Waals surface area contributed by atoms with Crippen molar-refractivity contribution in [2.45, 2.75) is 70.3 Å². The Bertz CT molecular complexity index is 825. The summed E-state index contributed by atoms with van der Waals surface area (Å²) in [6.45, 7) is 3.94. The lowest BCUT2D eigenvalue weighted by molar-refractivity contribution is -0.00942. The molecule has 0 unspecified atom stereocenters. The highest BCUT2D eigenvalue weighted by Gasteiger charge is 2.48. The van der Waals surface area contributed by atoms with E-state index in [1.54, 1.807) is 13.8 Å². The number of amides is 2. The highest BCUT2D eigenvalue weighted by molar-refractivity contribution is 7.88. The molecule has 0 spiro atoms. The largest absolute Gasteiger partial charge is 0.335 e. The van der Waals surface area contributed by atoms with Gasteiger partial charge in [0.15, 0.2) is 0 Å². The third-order valence-corrected chi connectivity index (χ3v) is 8.36. The Morgan fingerprint density at radius 1 is 1.00 bits per heavy atom. The predicted octanol–water partition coefficient (Wildman–Crippen LogP) is 3.14. The molecule has 0 atom stereocenters. The van der Waals surface area contributed by atoms with Gasteiger partial charge >= 0.3 is 6.03 Å². The molecule has 4 bridgehead atoms. The van der Waals surface area contributed by atoms with Gasteiger partial charge in [0.2, 0.25) is 10.0 Å². The van der Waals surface area contributed by atoms with Crippen LogP contribution in [-0.4, -0.2) is 26.5 Å². The molecule has 3 N–H and O–H groups in total. The van der Waals surface area contributed by atoms with Crippen LogP contribution in [0.25, 0.3) is 0 Å². The van der Waals surface area contributed by atoms with Crippen molar-refractivity contribution in [3.8, 4) is 0 Å². The molecular formula is C22H33N3O3S. The zero-order chi connectivity index (χ0) is 20.6. The molecule has 4 aliphatic rings. The van der Waals surface area contributed by atoms with E-state index < -0.39 is 10.0 Å². The maximum Gasteiger partial charge on any atom is 0.315 e. The van der Waals surface area contributed by atoms with Gasteiger partial charge < -0.3 is 10.6 Å². The number of sulfonamides is 1. The van der Waals surface area contributed by atoms with Crippen LogP contribution in [0.1, 0.15) is 57.1 Å². The fourth-order valence-electron chi connectivity index (χ4n) is 6.02. The normalized spacial score (nSPS) is 30.5. The van der Waals surface area contributed by atoms with E-state index in [2.05, 4.69) is 15.4 Å². The summed E-state index contributed by atoms with van der Waals surface area (Å²) in [5.74, 6) is 2.95. The molecular weight excluding hydrogens is 386 g/mol. The maximum atomic E-state index is 12.6. The smallest absolute Gasteiger partial charge is 0.315 e. The van der Waals surface area contributed by atoms with Crippen molar-refractivity contribution in [2.24, 2.45) is 23.7 Å². The summed E-state index contributed by atoms with van der Waals surface area (Å²) in [5.41, 5.74) is 1.55. The van der Waals surface area contributed by atoms with Crippen molar-refractivity contribution < 1.29 is 13.2 Å². The monoisotopic (exact) mass is 419 g/mol. The number of carbonyl (C=O) groups is 1. The fourth-order valence-corrected chi connectivity index (χ4v) is 7.51. The molecule has 0 radical (unpaired) electrons. The molecule has 5 rings (SSSR count). The first-order valence-electron chi connectivity index (χ1n) is 10.9. The summed E-state index contributed by atoms with van der Waals surface area (Å²) in [7, 11) is -3.41. The summed E-state index contributed by atoms with van der Waals surface area (Å²) in [4.78, 5) is 12.6. The van der Waals surface area contributed by atoms with Crippen molar-refractivity contribution in [1.82, 2.24) is 15.4 Å². The molecule has 29 heavy (non-hydrogen) atoms. The van der Waals surface area contributed by atoms with E-state index in [0.29, 0.717) is 24.4 Å². The van der Waals surface area contributed by atoms with Crippen LogP contribution in [-0.2, 0) is 22.3 Å². The highest BCUT2D eigenvalue weighted by atomic mass is 32.2. The number of carbonyl (C=O) groups excluding carboxylic acids is 1. The third-order valence-electron chi connectivity index (χ3n) is 6.84. The molecule has 4 aliphatic carbocycles. The van der Waals surface area contributed by atoms with Crippen LogP contribution in [0.3, 0.4) is 0 Å². The first-order chi connectivity index (χ1) is 13.8. The van der Waals surface area contributed by atoms with Crippen molar-refractivity contribution in [3.63, 3.8) is 0 Å². The SMILES string of the molecule is CC(C)NS(=O)(=O)Cc1ccccc1CNC(=O)NC1C2CC3CC(C2)CC1C3. The Hall–Kier alpha value is -1.60. The van der Waals surface area contributed by atoms with Crippen LogP contribution in [0.4, 0.5) is 4.79 Å². The number of nitrogens with one attached hydrogen (secondary N) is 3. The number of hydrogen-bond donors (Lipinski definition) is 3. The van der Waals surface area contributed by atoms with E-state index in [-0.39, 0.29) is 17.8 Å². The second kappa shape index (κ2) is 8.26. The van der Waals surface area contributed by atoms with Crippen molar-refractivity contribution in [3.05, 3.63) is 35.4 Å². The van der Waals surface area contributed by atoms with Crippen LogP contribution < -0.4 is 15.4 Å². The van der Waals surface area contributed by atoms with Gasteiger partial charge in [-0.2, -0.15) is 0 Å². The van der Waals surface area contributed by atoms with E-state index in [1.165, 1.54) is 32.1 Å².